The van der Waals surface area contributed by atoms with Crippen molar-refractivity contribution >= 4 is 23.2 Å². The third-order valence-electron chi connectivity index (χ3n) is 6.67. The van der Waals surface area contributed by atoms with Gasteiger partial charge in [-0.2, -0.15) is 0 Å². The molecule has 1 aliphatic rings. The van der Waals surface area contributed by atoms with Gasteiger partial charge in [-0.15, -0.1) is 0 Å². The van der Waals surface area contributed by atoms with Gasteiger partial charge in [0.1, 0.15) is 0 Å². The standard InChI is InChI=1S/C30H34Cl2N2/c1-17(2)33-20(5)26-15-30(6,7)16-28-24(26)14-25(22-11-9-21(31)13-19(22)4)29(34-28)23-10-8-18(3)12-27(23)32/h8-14,17,26,33H,5,15-16H2,1-4,6-7H3. The summed E-state index contributed by atoms with van der Waals surface area (Å²) in [5, 5.41) is 5.02. The number of benzene rings is 2. The fourth-order valence-electron chi connectivity index (χ4n) is 5.13. The molecule has 1 aliphatic carbocycles. The quantitative estimate of drug-likeness (QED) is 0.384. The second-order valence-corrected chi connectivity index (χ2v) is 11.6. The van der Waals surface area contributed by atoms with Crippen LogP contribution in [0.15, 0.2) is 54.7 Å². The number of allylic oxidation sites excluding steroid dienone is 1. The van der Waals surface area contributed by atoms with E-state index in [1.54, 1.807) is 0 Å². The zero-order chi connectivity index (χ0) is 24.8. The molecule has 1 heterocycles. The van der Waals surface area contributed by atoms with Gasteiger partial charge in [-0.05, 0) is 92.5 Å². The predicted molar refractivity (Wildman–Crippen MR) is 147 cm³/mol. The highest BCUT2D eigenvalue weighted by Crippen LogP contribution is 2.47. The molecule has 0 radical (unpaired) electrons. The lowest BCUT2D eigenvalue weighted by Crippen LogP contribution is -2.33. The number of aromatic nitrogens is 1. The molecule has 0 amide bonds. The third kappa shape index (κ3) is 5.04. The first-order valence-corrected chi connectivity index (χ1v) is 12.7. The number of fused-ring (bicyclic) bond motifs is 1. The van der Waals surface area contributed by atoms with Gasteiger partial charge in [0.2, 0.25) is 0 Å². The van der Waals surface area contributed by atoms with E-state index in [2.05, 4.69) is 77.7 Å². The number of nitrogens with zero attached hydrogens (tertiary/aromatic N) is 1. The maximum Gasteiger partial charge on any atom is 0.0798 e. The summed E-state index contributed by atoms with van der Waals surface area (Å²) in [6.07, 6.45) is 1.95. The lowest BCUT2D eigenvalue weighted by atomic mass is 9.69. The van der Waals surface area contributed by atoms with Crippen molar-refractivity contribution in [1.82, 2.24) is 10.3 Å². The monoisotopic (exact) mass is 492 g/mol. The predicted octanol–water partition coefficient (Wildman–Crippen LogP) is 8.91. The van der Waals surface area contributed by atoms with Crippen molar-refractivity contribution in [3.63, 3.8) is 0 Å². The van der Waals surface area contributed by atoms with Crippen LogP contribution in [-0.4, -0.2) is 11.0 Å². The van der Waals surface area contributed by atoms with Gasteiger partial charge in [-0.3, -0.25) is 4.98 Å². The summed E-state index contributed by atoms with van der Waals surface area (Å²) < 4.78 is 0. The van der Waals surface area contributed by atoms with Gasteiger partial charge in [0, 0.05) is 39.5 Å². The van der Waals surface area contributed by atoms with Crippen LogP contribution in [0.4, 0.5) is 0 Å². The van der Waals surface area contributed by atoms with Crippen molar-refractivity contribution in [2.45, 2.75) is 66.3 Å². The topological polar surface area (TPSA) is 24.9 Å². The summed E-state index contributed by atoms with van der Waals surface area (Å²) in [7, 11) is 0. The summed E-state index contributed by atoms with van der Waals surface area (Å²) in [5.74, 6) is 0.197. The molecule has 1 aromatic heterocycles. The summed E-state index contributed by atoms with van der Waals surface area (Å²) in [6, 6.07) is 14.9. The Labute approximate surface area is 214 Å². The van der Waals surface area contributed by atoms with E-state index in [0.717, 1.165) is 67.8 Å². The van der Waals surface area contributed by atoms with E-state index in [1.165, 1.54) is 5.56 Å². The van der Waals surface area contributed by atoms with E-state index in [-0.39, 0.29) is 11.3 Å². The van der Waals surface area contributed by atoms with Crippen molar-refractivity contribution in [2.24, 2.45) is 5.41 Å². The summed E-state index contributed by atoms with van der Waals surface area (Å²) >= 11 is 13.1. The Morgan fingerprint density at radius 2 is 1.74 bits per heavy atom. The first-order chi connectivity index (χ1) is 15.9. The molecule has 0 aliphatic heterocycles. The molecule has 1 atom stereocenters. The zero-order valence-electron chi connectivity index (χ0n) is 21.0. The zero-order valence-corrected chi connectivity index (χ0v) is 22.5. The first-order valence-electron chi connectivity index (χ1n) is 12.0. The third-order valence-corrected chi connectivity index (χ3v) is 7.21. The average Bonchev–Trinajstić information content (AvgIpc) is 2.71. The normalized spacial score (nSPS) is 16.9. The molecule has 3 aromatic rings. The second-order valence-electron chi connectivity index (χ2n) is 10.8. The van der Waals surface area contributed by atoms with Gasteiger partial charge in [0.15, 0.2) is 0 Å². The van der Waals surface area contributed by atoms with Crippen LogP contribution in [0.2, 0.25) is 10.0 Å². The smallest absolute Gasteiger partial charge is 0.0798 e. The average molecular weight is 494 g/mol. The van der Waals surface area contributed by atoms with Gasteiger partial charge in [0.05, 0.1) is 10.7 Å². The number of hydrogen-bond acceptors (Lipinski definition) is 2. The highest BCUT2D eigenvalue weighted by molar-refractivity contribution is 6.33. The molecule has 0 saturated carbocycles. The van der Waals surface area contributed by atoms with Crippen LogP contribution in [-0.2, 0) is 6.42 Å². The minimum atomic E-state index is 0.123. The van der Waals surface area contributed by atoms with Gasteiger partial charge >= 0.3 is 0 Å². The second kappa shape index (κ2) is 9.40. The van der Waals surface area contributed by atoms with Crippen LogP contribution in [0.1, 0.15) is 62.4 Å². The number of pyridine rings is 1. The summed E-state index contributed by atoms with van der Waals surface area (Å²) in [4.78, 5) is 5.33. The fraction of sp³-hybridized carbons (Fsp3) is 0.367. The van der Waals surface area contributed by atoms with Crippen LogP contribution >= 0.6 is 23.2 Å². The Balaban J connectivity index is 2.00. The number of rotatable bonds is 5. The van der Waals surface area contributed by atoms with Crippen molar-refractivity contribution < 1.29 is 0 Å². The Morgan fingerprint density at radius 3 is 2.38 bits per heavy atom. The number of halogens is 2. The molecule has 2 aromatic carbocycles. The molecular formula is C30H34Cl2N2. The Hall–Kier alpha value is -2.29. The summed E-state index contributed by atoms with van der Waals surface area (Å²) in [5.41, 5.74) is 9.91. The molecule has 1 N–H and O–H groups in total. The van der Waals surface area contributed by atoms with Gasteiger partial charge in [0.25, 0.3) is 0 Å². The van der Waals surface area contributed by atoms with E-state index in [1.807, 2.05) is 18.2 Å². The molecule has 178 valence electrons. The summed E-state index contributed by atoms with van der Waals surface area (Å²) in [6.45, 7) is 17.6. The molecule has 2 nitrogen and oxygen atoms in total. The van der Waals surface area contributed by atoms with Crippen molar-refractivity contribution in [2.75, 3.05) is 0 Å². The number of aryl methyl sites for hydroxylation is 2. The Kier molecular flexibility index (Phi) is 6.86. The van der Waals surface area contributed by atoms with E-state index in [9.17, 15) is 0 Å². The molecule has 4 rings (SSSR count). The minimum absolute atomic E-state index is 0.123. The van der Waals surface area contributed by atoms with Gasteiger partial charge in [-0.1, -0.05) is 61.8 Å². The van der Waals surface area contributed by atoms with E-state index in [4.69, 9.17) is 28.2 Å². The SMILES string of the molecule is C=C(NC(C)C)C1CC(C)(C)Cc2nc(-c3ccc(C)cc3Cl)c(-c3ccc(Cl)cc3C)cc21. The van der Waals surface area contributed by atoms with Gasteiger partial charge in [-0.25, -0.2) is 0 Å². The maximum atomic E-state index is 6.78. The number of hydrogen-bond donors (Lipinski definition) is 1. The Morgan fingerprint density at radius 1 is 1.03 bits per heavy atom. The van der Waals surface area contributed by atoms with Crippen LogP contribution < -0.4 is 5.32 Å². The molecular weight excluding hydrogens is 459 g/mol. The highest BCUT2D eigenvalue weighted by atomic mass is 35.5. The van der Waals surface area contributed by atoms with E-state index < -0.39 is 0 Å². The first kappa shape index (κ1) is 24.8. The maximum absolute atomic E-state index is 6.78. The van der Waals surface area contributed by atoms with Crippen LogP contribution in [0, 0.1) is 19.3 Å². The van der Waals surface area contributed by atoms with Crippen LogP contribution in [0.5, 0.6) is 0 Å². The molecule has 0 fully saturated rings. The van der Waals surface area contributed by atoms with Crippen molar-refractivity contribution in [1.29, 1.82) is 0 Å². The molecule has 0 spiro atoms. The highest BCUT2D eigenvalue weighted by Gasteiger charge is 2.36. The largest absolute Gasteiger partial charge is 0.386 e. The van der Waals surface area contributed by atoms with Crippen molar-refractivity contribution in [3.8, 4) is 22.4 Å². The molecule has 1 unspecified atom stereocenters. The molecule has 34 heavy (non-hydrogen) atoms. The fourth-order valence-corrected chi connectivity index (χ4v) is 5.68. The van der Waals surface area contributed by atoms with Crippen molar-refractivity contribution in [3.05, 3.63) is 87.2 Å². The molecule has 0 bridgehead atoms. The lowest BCUT2D eigenvalue weighted by Gasteiger charge is -2.38. The van der Waals surface area contributed by atoms with Crippen LogP contribution in [0.25, 0.3) is 22.4 Å². The molecule has 4 heteroatoms. The van der Waals surface area contributed by atoms with Gasteiger partial charge < -0.3 is 5.32 Å². The Bertz CT molecular complexity index is 1260. The van der Waals surface area contributed by atoms with E-state index in [0.29, 0.717) is 6.04 Å². The lowest BCUT2D eigenvalue weighted by molar-refractivity contribution is 0.285. The van der Waals surface area contributed by atoms with E-state index >= 15 is 0 Å². The molecule has 0 saturated heterocycles. The number of nitrogens with one attached hydrogen (secondary N) is 1. The van der Waals surface area contributed by atoms with Crippen LogP contribution in [0.3, 0.4) is 0 Å². The minimum Gasteiger partial charge on any atom is -0.386 e.